The van der Waals surface area contributed by atoms with Crippen molar-refractivity contribution in [3.05, 3.63) is 53.1 Å². The third kappa shape index (κ3) is 5.00. The molecule has 3 saturated heterocycles. The highest BCUT2D eigenvalue weighted by Crippen LogP contribution is 2.41. The van der Waals surface area contributed by atoms with Gasteiger partial charge in [-0.05, 0) is 69.1 Å². The number of aryl methyl sites for hydroxylation is 1. The van der Waals surface area contributed by atoms with Crippen molar-refractivity contribution < 1.29 is 9.47 Å². The van der Waals surface area contributed by atoms with E-state index in [-0.39, 0.29) is 18.2 Å². The molecule has 184 valence electrons. The average Bonchev–Trinajstić information content (AvgIpc) is 3.56. The predicted octanol–water partition coefficient (Wildman–Crippen LogP) is 3.37. The molecule has 3 aliphatic rings. The van der Waals surface area contributed by atoms with Crippen molar-refractivity contribution in [2.75, 3.05) is 46.0 Å². The lowest BCUT2D eigenvalue weighted by atomic mass is 9.96. The van der Waals surface area contributed by atoms with Gasteiger partial charge in [0.1, 0.15) is 0 Å². The minimum atomic E-state index is 0.0254. The molecular formula is C26H37N5O2S. The first-order valence-electron chi connectivity index (χ1n) is 12.7. The Bertz CT molecular complexity index is 969. The van der Waals surface area contributed by atoms with E-state index in [1.807, 2.05) is 12.3 Å². The first kappa shape index (κ1) is 23.7. The molecule has 0 amide bonds. The normalized spacial score (nSPS) is 25.8. The van der Waals surface area contributed by atoms with Crippen molar-refractivity contribution >= 4 is 17.3 Å². The molecule has 5 heterocycles. The summed E-state index contributed by atoms with van der Waals surface area (Å²) in [5.41, 5.74) is 5.00. The molecule has 3 aliphatic heterocycles. The van der Waals surface area contributed by atoms with Crippen molar-refractivity contribution in [2.45, 2.75) is 57.8 Å². The summed E-state index contributed by atoms with van der Waals surface area (Å²) >= 11 is 5.86. The fraction of sp³-hybridized carbons (Fsp3) is 0.615. The Balaban J connectivity index is 1.39. The Morgan fingerprint density at radius 3 is 2.74 bits per heavy atom. The second-order valence-corrected chi connectivity index (χ2v) is 10.1. The molecular weight excluding hydrogens is 446 g/mol. The lowest BCUT2D eigenvalue weighted by Gasteiger charge is -2.30. The number of ether oxygens (including phenoxy) is 2. The number of morpholine rings is 1. The number of nitrogens with zero attached hydrogens (tertiary/aromatic N) is 4. The van der Waals surface area contributed by atoms with Gasteiger partial charge in [-0.15, -0.1) is 0 Å². The van der Waals surface area contributed by atoms with Gasteiger partial charge in [0.05, 0.1) is 37.1 Å². The number of pyridine rings is 1. The van der Waals surface area contributed by atoms with Crippen LogP contribution in [0.25, 0.3) is 0 Å². The molecule has 5 rings (SSSR count). The lowest BCUT2D eigenvalue weighted by molar-refractivity contribution is 0.0369. The first-order valence-corrected chi connectivity index (χ1v) is 13.1. The van der Waals surface area contributed by atoms with Crippen LogP contribution in [0.15, 0.2) is 30.5 Å². The van der Waals surface area contributed by atoms with Crippen molar-refractivity contribution in [1.82, 2.24) is 24.7 Å². The highest BCUT2D eigenvalue weighted by Gasteiger charge is 2.42. The summed E-state index contributed by atoms with van der Waals surface area (Å²) < 4.78 is 14.0. The summed E-state index contributed by atoms with van der Waals surface area (Å²) in [5, 5.41) is 4.40. The molecule has 0 bridgehead atoms. The van der Waals surface area contributed by atoms with E-state index in [1.54, 1.807) is 0 Å². The highest BCUT2D eigenvalue weighted by atomic mass is 32.1. The van der Waals surface area contributed by atoms with Crippen LogP contribution in [0.3, 0.4) is 0 Å². The Morgan fingerprint density at radius 2 is 2.00 bits per heavy atom. The van der Waals surface area contributed by atoms with Crippen LogP contribution in [0.5, 0.6) is 0 Å². The SMILES string of the molecule is Cc1cc(C2C(c3ccccn3)NC(=S)N2CC2CCCO2)c(C)n1CCCN1CCOCC1. The van der Waals surface area contributed by atoms with Crippen LogP contribution in [-0.2, 0) is 16.0 Å². The van der Waals surface area contributed by atoms with Gasteiger partial charge < -0.3 is 24.3 Å². The molecule has 0 aromatic carbocycles. The summed E-state index contributed by atoms with van der Waals surface area (Å²) in [6.07, 6.45) is 5.47. The zero-order valence-electron chi connectivity index (χ0n) is 20.4. The molecule has 1 N–H and O–H groups in total. The van der Waals surface area contributed by atoms with Crippen molar-refractivity contribution in [1.29, 1.82) is 0 Å². The standard InChI is InChI=1S/C26H37N5O2S/c1-19-17-22(20(2)30(19)11-6-10-29-12-15-32-16-13-29)25-24(23-8-3-4-9-27-23)28-26(34)31(25)18-21-7-5-14-33-21/h3-4,8-9,17,21,24-25H,5-7,10-16,18H2,1-2H3,(H,28,34). The molecule has 3 atom stereocenters. The Morgan fingerprint density at radius 1 is 1.15 bits per heavy atom. The van der Waals surface area contributed by atoms with Gasteiger partial charge in [-0.25, -0.2) is 0 Å². The van der Waals surface area contributed by atoms with Crippen LogP contribution in [-0.4, -0.2) is 76.6 Å². The van der Waals surface area contributed by atoms with E-state index >= 15 is 0 Å². The molecule has 2 aromatic heterocycles. The van der Waals surface area contributed by atoms with Crippen LogP contribution in [0.4, 0.5) is 0 Å². The van der Waals surface area contributed by atoms with Crippen LogP contribution in [0.1, 0.15) is 54.0 Å². The maximum atomic E-state index is 5.99. The molecule has 2 aromatic rings. The largest absolute Gasteiger partial charge is 0.379 e. The van der Waals surface area contributed by atoms with E-state index in [2.05, 4.69) is 51.7 Å². The number of hydrogen-bond donors (Lipinski definition) is 1. The molecule has 0 radical (unpaired) electrons. The summed E-state index contributed by atoms with van der Waals surface area (Å²) in [7, 11) is 0. The number of nitrogens with one attached hydrogen (secondary N) is 1. The third-order valence-electron chi connectivity index (χ3n) is 7.51. The smallest absolute Gasteiger partial charge is 0.170 e. The Kier molecular flexibility index (Phi) is 7.49. The maximum Gasteiger partial charge on any atom is 0.170 e. The monoisotopic (exact) mass is 483 g/mol. The first-order chi connectivity index (χ1) is 16.6. The van der Waals surface area contributed by atoms with Gasteiger partial charge in [-0.2, -0.15) is 0 Å². The maximum absolute atomic E-state index is 5.99. The second kappa shape index (κ2) is 10.7. The summed E-state index contributed by atoms with van der Waals surface area (Å²) in [6.45, 7) is 12.1. The topological polar surface area (TPSA) is 54.8 Å². The molecule has 7 nitrogen and oxygen atoms in total. The van der Waals surface area contributed by atoms with Crippen LogP contribution < -0.4 is 5.32 Å². The molecule has 0 saturated carbocycles. The van der Waals surface area contributed by atoms with Crippen LogP contribution in [0, 0.1) is 13.8 Å². The van der Waals surface area contributed by atoms with E-state index in [1.165, 1.54) is 17.0 Å². The molecule has 0 spiro atoms. The fourth-order valence-corrected chi connectivity index (χ4v) is 6.01. The molecule has 3 fully saturated rings. The molecule has 0 aliphatic carbocycles. The Labute approximate surface area is 208 Å². The van der Waals surface area contributed by atoms with E-state index < -0.39 is 0 Å². The molecule has 3 unspecified atom stereocenters. The number of thiocarbonyl (C=S) groups is 1. The Hall–Kier alpha value is -2.00. The third-order valence-corrected chi connectivity index (χ3v) is 7.87. The van der Waals surface area contributed by atoms with Gasteiger partial charge in [0, 0.05) is 56.9 Å². The van der Waals surface area contributed by atoms with Crippen LogP contribution in [0.2, 0.25) is 0 Å². The van der Waals surface area contributed by atoms with Gasteiger partial charge in [0.2, 0.25) is 0 Å². The zero-order valence-corrected chi connectivity index (χ0v) is 21.2. The average molecular weight is 484 g/mol. The van der Waals surface area contributed by atoms with Crippen molar-refractivity contribution in [3.8, 4) is 0 Å². The van der Waals surface area contributed by atoms with E-state index in [0.717, 1.165) is 82.6 Å². The quantitative estimate of drug-likeness (QED) is 0.578. The number of rotatable bonds is 8. The van der Waals surface area contributed by atoms with Gasteiger partial charge >= 0.3 is 0 Å². The van der Waals surface area contributed by atoms with Gasteiger partial charge in [-0.1, -0.05) is 6.07 Å². The summed E-state index contributed by atoms with van der Waals surface area (Å²) in [6, 6.07) is 8.62. The number of hydrogen-bond acceptors (Lipinski definition) is 5. The lowest BCUT2D eigenvalue weighted by Crippen LogP contribution is -2.37. The zero-order chi connectivity index (χ0) is 23.5. The van der Waals surface area contributed by atoms with E-state index in [4.69, 9.17) is 26.7 Å². The fourth-order valence-electron chi connectivity index (χ4n) is 5.70. The second-order valence-electron chi connectivity index (χ2n) is 9.70. The van der Waals surface area contributed by atoms with Crippen LogP contribution >= 0.6 is 12.2 Å². The summed E-state index contributed by atoms with van der Waals surface area (Å²) in [5.74, 6) is 0. The van der Waals surface area contributed by atoms with E-state index in [9.17, 15) is 0 Å². The number of aromatic nitrogens is 2. The van der Waals surface area contributed by atoms with Crippen molar-refractivity contribution in [2.24, 2.45) is 0 Å². The molecule has 34 heavy (non-hydrogen) atoms. The summed E-state index contributed by atoms with van der Waals surface area (Å²) in [4.78, 5) is 9.56. The minimum Gasteiger partial charge on any atom is -0.379 e. The van der Waals surface area contributed by atoms with Crippen molar-refractivity contribution in [3.63, 3.8) is 0 Å². The minimum absolute atomic E-state index is 0.0254. The van der Waals surface area contributed by atoms with Gasteiger partial charge in [0.25, 0.3) is 0 Å². The van der Waals surface area contributed by atoms with Gasteiger partial charge in [0.15, 0.2) is 5.11 Å². The predicted molar refractivity (Wildman–Crippen MR) is 137 cm³/mol. The molecule has 8 heteroatoms. The van der Waals surface area contributed by atoms with Gasteiger partial charge in [-0.3, -0.25) is 9.88 Å². The van der Waals surface area contributed by atoms with E-state index in [0.29, 0.717) is 0 Å². The highest BCUT2D eigenvalue weighted by molar-refractivity contribution is 7.80.